The highest BCUT2D eigenvalue weighted by Crippen LogP contribution is 2.38. The fraction of sp³-hybridized carbons (Fsp3) is 0.0370. The fourth-order valence-corrected chi connectivity index (χ4v) is 5.14. The number of allylic oxidation sites excluding steroid dienone is 2. The molecule has 3 nitrogen and oxygen atoms in total. The van der Waals surface area contributed by atoms with Crippen molar-refractivity contribution < 1.29 is 0 Å². The quantitative estimate of drug-likeness (QED) is 0.356. The zero-order valence-electron chi connectivity index (χ0n) is 16.7. The maximum atomic E-state index is 4.97. The normalized spacial score (nSPS) is 13.4. The van der Waals surface area contributed by atoms with Gasteiger partial charge in [0.15, 0.2) is 0 Å². The Morgan fingerprint density at radius 1 is 0.839 bits per heavy atom. The summed E-state index contributed by atoms with van der Waals surface area (Å²) in [7, 11) is 0. The van der Waals surface area contributed by atoms with Gasteiger partial charge in [-0.25, -0.2) is 4.98 Å². The first kappa shape index (κ1) is 18.0. The van der Waals surface area contributed by atoms with Crippen molar-refractivity contribution in [3.63, 3.8) is 0 Å². The number of aromatic nitrogens is 2. The number of rotatable bonds is 3. The Bertz CT molecular complexity index is 1450. The average Bonchev–Trinajstić information content (AvgIpc) is 3.28. The Balaban J connectivity index is 1.59. The third-order valence-corrected chi connectivity index (χ3v) is 6.74. The average molecular weight is 418 g/mol. The Morgan fingerprint density at radius 2 is 1.74 bits per heavy atom. The van der Waals surface area contributed by atoms with E-state index >= 15 is 0 Å². The molecule has 0 amide bonds. The largest absolute Gasteiger partial charge is 0.387 e. The lowest BCUT2D eigenvalue weighted by molar-refractivity contribution is 0.986. The summed E-state index contributed by atoms with van der Waals surface area (Å²) in [6.45, 7) is 0.809. The van der Waals surface area contributed by atoms with Gasteiger partial charge < -0.3 is 5.32 Å². The van der Waals surface area contributed by atoms with Crippen molar-refractivity contribution in [3.05, 3.63) is 103 Å². The zero-order valence-corrected chi connectivity index (χ0v) is 17.6. The lowest BCUT2D eigenvalue weighted by Gasteiger charge is -2.16. The van der Waals surface area contributed by atoms with Crippen molar-refractivity contribution >= 4 is 37.9 Å². The van der Waals surface area contributed by atoms with E-state index in [9.17, 15) is 0 Å². The van der Waals surface area contributed by atoms with Gasteiger partial charge in [-0.15, -0.1) is 11.3 Å². The Kier molecular flexibility index (Phi) is 4.36. The lowest BCUT2D eigenvalue weighted by atomic mass is 9.93. The summed E-state index contributed by atoms with van der Waals surface area (Å²) in [5, 5.41) is 6.73. The van der Waals surface area contributed by atoms with E-state index in [-0.39, 0.29) is 0 Å². The van der Waals surface area contributed by atoms with Crippen molar-refractivity contribution in [1.29, 1.82) is 0 Å². The summed E-state index contributed by atoms with van der Waals surface area (Å²) >= 11 is 1.74. The lowest BCUT2D eigenvalue weighted by Crippen LogP contribution is -2.12. The first-order chi connectivity index (χ1) is 15.4. The van der Waals surface area contributed by atoms with Gasteiger partial charge >= 0.3 is 0 Å². The summed E-state index contributed by atoms with van der Waals surface area (Å²) in [5.41, 5.74) is 6.98. The highest BCUT2D eigenvalue weighted by atomic mass is 32.1. The van der Waals surface area contributed by atoms with Gasteiger partial charge in [0.05, 0.1) is 10.2 Å². The summed E-state index contributed by atoms with van der Waals surface area (Å²) in [6, 6.07) is 23.5. The van der Waals surface area contributed by atoms with Crippen LogP contribution in [-0.2, 0) is 0 Å². The second-order valence-corrected chi connectivity index (χ2v) is 8.62. The van der Waals surface area contributed by atoms with Gasteiger partial charge in [0, 0.05) is 35.5 Å². The van der Waals surface area contributed by atoms with E-state index in [1.165, 1.54) is 21.2 Å². The summed E-state index contributed by atoms with van der Waals surface area (Å²) in [6.07, 6.45) is 10.1. The molecule has 148 valence electrons. The second-order valence-electron chi connectivity index (χ2n) is 7.59. The molecule has 0 aliphatic carbocycles. The van der Waals surface area contributed by atoms with Crippen LogP contribution in [0.2, 0.25) is 0 Å². The van der Waals surface area contributed by atoms with Crippen molar-refractivity contribution in [2.24, 2.45) is 0 Å². The fourth-order valence-electron chi connectivity index (χ4n) is 4.15. The topological polar surface area (TPSA) is 37.8 Å². The van der Waals surface area contributed by atoms with Crippen LogP contribution in [0, 0.1) is 0 Å². The van der Waals surface area contributed by atoms with Crippen LogP contribution in [0.3, 0.4) is 0 Å². The predicted molar refractivity (Wildman–Crippen MR) is 131 cm³/mol. The van der Waals surface area contributed by atoms with Crippen LogP contribution in [0.4, 0.5) is 0 Å². The van der Waals surface area contributed by atoms with Crippen LogP contribution in [0.15, 0.2) is 97.5 Å². The monoisotopic (exact) mass is 417 g/mol. The standard InChI is InChI=1S/C27H19N3S/c1-2-8-21-19(6-1)16-29-17-24(21)18-11-12-22(20-7-5-13-28-15-20)23(14-18)27-30-25-9-3-4-10-26(25)31-27/h1-14,16-17,28H,15H2. The minimum atomic E-state index is 0.809. The number of thiazole rings is 1. The van der Waals surface area contributed by atoms with Crippen molar-refractivity contribution in [1.82, 2.24) is 15.3 Å². The van der Waals surface area contributed by atoms with Gasteiger partial charge in [-0.2, -0.15) is 0 Å². The molecular formula is C27H19N3S. The molecular weight excluding hydrogens is 398 g/mol. The molecule has 0 atom stereocenters. The van der Waals surface area contributed by atoms with E-state index < -0.39 is 0 Å². The third kappa shape index (κ3) is 3.22. The number of fused-ring (bicyclic) bond motifs is 2. The Morgan fingerprint density at radius 3 is 2.65 bits per heavy atom. The van der Waals surface area contributed by atoms with E-state index in [1.54, 1.807) is 11.3 Å². The molecule has 31 heavy (non-hydrogen) atoms. The van der Waals surface area contributed by atoms with Crippen LogP contribution in [0.25, 0.3) is 48.3 Å². The van der Waals surface area contributed by atoms with E-state index in [1.807, 2.05) is 24.7 Å². The Labute approximate surface area is 184 Å². The number of nitrogens with zero attached hydrogens (tertiary/aromatic N) is 2. The maximum Gasteiger partial charge on any atom is 0.125 e. The van der Waals surface area contributed by atoms with E-state index in [4.69, 9.17) is 4.98 Å². The number of benzene rings is 3. The first-order valence-corrected chi connectivity index (χ1v) is 11.1. The van der Waals surface area contributed by atoms with Crippen molar-refractivity contribution in [3.8, 4) is 21.7 Å². The molecule has 5 aromatic rings. The van der Waals surface area contributed by atoms with Gasteiger partial charge in [-0.05, 0) is 52.6 Å². The van der Waals surface area contributed by atoms with Crippen LogP contribution in [0.5, 0.6) is 0 Å². The SMILES string of the molecule is C1=CNCC(c2ccc(-c3cncc4ccccc34)cc2-c2nc3ccccc3s2)=C1. The van der Waals surface area contributed by atoms with E-state index in [0.717, 1.165) is 39.1 Å². The molecule has 0 saturated heterocycles. The molecule has 3 aromatic carbocycles. The van der Waals surface area contributed by atoms with Gasteiger partial charge in [0.1, 0.15) is 5.01 Å². The second kappa shape index (κ2) is 7.49. The summed E-state index contributed by atoms with van der Waals surface area (Å²) in [5.74, 6) is 0. The zero-order chi connectivity index (χ0) is 20.6. The highest BCUT2D eigenvalue weighted by molar-refractivity contribution is 7.21. The van der Waals surface area contributed by atoms with Crippen LogP contribution in [0.1, 0.15) is 5.56 Å². The van der Waals surface area contributed by atoms with Gasteiger partial charge in [-0.1, -0.05) is 54.6 Å². The Hall–Kier alpha value is -3.76. The molecule has 0 radical (unpaired) electrons. The molecule has 0 spiro atoms. The van der Waals surface area contributed by atoms with Crippen molar-refractivity contribution in [2.75, 3.05) is 6.54 Å². The summed E-state index contributed by atoms with van der Waals surface area (Å²) in [4.78, 5) is 9.47. The number of hydrogen-bond acceptors (Lipinski definition) is 4. The van der Waals surface area contributed by atoms with Gasteiger partial charge in [0.25, 0.3) is 0 Å². The van der Waals surface area contributed by atoms with E-state index in [2.05, 4.69) is 83.1 Å². The predicted octanol–water partition coefficient (Wildman–Crippen LogP) is 6.68. The highest BCUT2D eigenvalue weighted by Gasteiger charge is 2.16. The first-order valence-electron chi connectivity index (χ1n) is 10.3. The molecule has 6 rings (SSSR count). The van der Waals surface area contributed by atoms with Gasteiger partial charge in [-0.3, -0.25) is 4.98 Å². The molecule has 3 heterocycles. The molecule has 0 bridgehead atoms. The van der Waals surface area contributed by atoms with Crippen LogP contribution >= 0.6 is 11.3 Å². The minimum Gasteiger partial charge on any atom is -0.387 e. The molecule has 1 aliphatic rings. The minimum absolute atomic E-state index is 0.809. The van der Waals surface area contributed by atoms with E-state index in [0.29, 0.717) is 0 Å². The summed E-state index contributed by atoms with van der Waals surface area (Å²) < 4.78 is 1.20. The third-order valence-electron chi connectivity index (χ3n) is 5.67. The van der Waals surface area contributed by atoms with Gasteiger partial charge in [0.2, 0.25) is 0 Å². The number of dihydropyridines is 1. The molecule has 0 unspecified atom stereocenters. The molecule has 0 fully saturated rings. The number of para-hydroxylation sites is 1. The van der Waals surface area contributed by atoms with Crippen LogP contribution < -0.4 is 5.32 Å². The molecule has 4 heteroatoms. The number of hydrogen-bond donors (Lipinski definition) is 1. The molecule has 1 aliphatic heterocycles. The van der Waals surface area contributed by atoms with Crippen molar-refractivity contribution in [2.45, 2.75) is 0 Å². The maximum absolute atomic E-state index is 4.97. The smallest absolute Gasteiger partial charge is 0.125 e. The number of pyridine rings is 1. The molecule has 1 N–H and O–H groups in total. The molecule has 2 aromatic heterocycles. The number of nitrogens with one attached hydrogen (secondary N) is 1. The van der Waals surface area contributed by atoms with Crippen LogP contribution in [-0.4, -0.2) is 16.5 Å². The molecule has 0 saturated carbocycles.